The third-order valence-electron chi connectivity index (χ3n) is 4.03. The average Bonchev–Trinajstić information content (AvgIpc) is 2.66. The molecular formula is C22H19FN2O2. The first kappa shape index (κ1) is 18.3. The molecule has 0 aliphatic rings. The molecule has 3 aromatic rings. The van der Waals surface area contributed by atoms with Gasteiger partial charge in [0, 0.05) is 22.6 Å². The van der Waals surface area contributed by atoms with E-state index in [1.54, 1.807) is 36.4 Å². The van der Waals surface area contributed by atoms with Gasteiger partial charge in [-0.2, -0.15) is 0 Å². The van der Waals surface area contributed by atoms with E-state index in [0.29, 0.717) is 11.3 Å². The molecule has 0 heterocycles. The summed E-state index contributed by atoms with van der Waals surface area (Å²) in [4.78, 5) is 23.4. The Morgan fingerprint density at radius 2 is 1.30 bits per heavy atom. The maximum atomic E-state index is 12.9. The number of rotatable bonds is 6. The number of nitrogens with one attached hydrogen (secondary N) is 2. The minimum atomic E-state index is -0.321. The third-order valence-corrected chi connectivity index (χ3v) is 4.03. The Labute approximate surface area is 157 Å². The van der Waals surface area contributed by atoms with Crippen LogP contribution in [0.3, 0.4) is 0 Å². The van der Waals surface area contributed by atoms with Crippen molar-refractivity contribution >= 4 is 28.8 Å². The predicted molar refractivity (Wildman–Crippen MR) is 105 cm³/mol. The lowest BCUT2D eigenvalue weighted by molar-refractivity contribution is -0.115. The van der Waals surface area contributed by atoms with E-state index >= 15 is 0 Å². The van der Waals surface area contributed by atoms with Crippen molar-refractivity contribution in [1.82, 2.24) is 0 Å². The SMILES string of the molecule is CC(=O)c1ccc(Nc2ccc(NC(=O)Cc3ccc(F)cc3)cc2)cc1. The molecule has 0 spiro atoms. The molecule has 0 saturated carbocycles. The van der Waals surface area contributed by atoms with Gasteiger partial charge in [-0.1, -0.05) is 12.1 Å². The van der Waals surface area contributed by atoms with Gasteiger partial charge >= 0.3 is 0 Å². The molecule has 0 bridgehead atoms. The maximum absolute atomic E-state index is 12.9. The highest BCUT2D eigenvalue weighted by Crippen LogP contribution is 2.20. The van der Waals surface area contributed by atoms with Crippen molar-refractivity contribution in [3.63, 3.8) is 0 Å². The summed E-state index contributed by atoms with van der Waals surface area (Å²) in [6.45, 7) is 1.53. The highest BCUT2D eigenvalue weighted by atomic mass is 19.1. The Bertz CT molecular complexity index is 934. The Kier molecular flexibility index (Phi) is 5.61. The lowest BCUT2D eigenvalue weighted by atomic mass is 10.1. The van der Waals surface area contributed by atoms with E-state index in [2.05, 4.69) is 10.6 Å². The molecule has 27 heavy (non-hydrogen) atoms. The summed E-state index contributed by atoms with van der Waals surface area (Å²) < 4.78 is 12.9. The minimum absolute atomic E-state index is 0.0299. The second-order valence-electron chi connectivity index (χ2n) is 6.19. The molecule has 0 saturated heterocycles. The summed E-state index contributed by atoms with van der Waals surface area (Å²) in [6, 6.07) is 20.4. The highest BCUT2D eigenvalue weighted by Gasteiger charge is 2.05. The molecule has 0 fully saturated rings. The Balaban J connectivity index is 1.57. The molecule has 136 valence electrons. The number of ketones is 1. The van der Waals surface area contributed by atoms with Crippen LogP contribution in [0.5, 0.6) is 0 Å². The monoisotopic (exact) mass is 362 g/mol. The van der Waals surface area contributed by atoms with Crippen molar-refractivity contribution in [2.24, 2.45) is 0 Å². The highest BCUT2D eigenvalue weighted by molar-refractivity contribution is 5.94. The minimum Gasteiger partial charge on any atom is -0.356 e. The second-order valence-corrected chi connectivity index (χ2v) is 6.19. The van der Waals surface area contributed by atoms with Gasteiger partial charge in [0.25, 0.3) is 0 Å². The first-order valence-electron chi connectivity index (χ1n) is 8.52. The average molecular weight is 362 g/mol. The molecule has 5 heteroatoms. The molecule has 0 aromatic heterocycles. The number of carbonyl (C=O) groups excluding carboxylic acids is 2. The van der Waals surface area contributed by atoms with Crippen LogP contribution in [-0.4, -0.2) is 11.7 Å². The van der Waals surface area contributed by atoms with Crippen LogP contribution < -0.4 is 10.6 Å². The summed E-state index contributed by atoms with van der Waals surface area (Å²) in [5.74, 6) is -0.456. The van der Waals surface area contributed by atoms with Gasteiger partial charge in [0.1, 0.15) is 5.82 Å². The zero-order valence-corrected chi connectivity index (χ0v) is 14.8. The van der Waals surface area contributed by atoms with Crippen LogP contribution in [0.4, 0.5) is 21.5 Å². The molecular weight excluding hydrogens is 343 g/mol. The van der Waals surface area contributed by atoms with Gasteiger partial charge in [-0.05, 0) is 73.2 Å². The second kappa shape index (κ2) is 8.27. The molecule has 2 N–H and O–H groups in total. The van der Waals surface area contributed by atoms with Crippen molar-refractivity contribution in [2.45, 2.75) is 13.3 Å². The standard InChI is InChI=1S/C22H19FN2O2/c1-15(26)17-4-8-19(9-5-17)24-20-10-12-21(13-11-20)25-22(27)14-16-2-6-18(23)7-3-16/h2-13,24H,14H2,1H3,(H,25,27). The van der Waals surface area contributed by atoms with Gasteiger partial charge in [0.05, 0.1) is 6.42 Å². The van der Waals surface area contributed by atoms with E-state index in [0.717, 1.165) is 16.9 Å². The molecule has 3 rings (SSSR count). The number of halogens is 1. The van der Waals surface area contributed by atoms with Gasteiger partial charge < -0.3 is 10.6 Å². The summed E-state index contributed by atoms with van der Waals surface area (Å²) in [7, 11) is 0. The van der Waals surface area contributed by atoms with Crippen LogP contribution in [0.1, 0.15) is 22.8 Å². The Morgan fingerprint density at radius 1 is 0.778 bits per heavy atom. The van der Waals surface area contributed by atoms with Gasteiger partial charge in [0.15, 0.2) is 5.78 Å². The van der Waals surface area contributed by atoms with Crippen LogP contribution in [0, 0.1) is 5.82 Å². The smallest absolute Gasteiger partial charge is 0.228 e. The van der Waals surface area contributed by atoms with Crippen LogP contribution in [-0.2, 0) is 11.2 Å². The van der Waals surface area contributed by atoms with Crippen LogP contribution in [0.25, 0.3) is 0 Å². The topological polar surface area (TPSA) is 58.2 Å². The molecule has 0 aliphatic carbocycles. The zero-order valence-electron chi connectivity index (χ0n) is 14.8. The molecule has 3 aromatic carbocycles. The quantitative estimate of drug-likeness (QED) is 0.610. The maximum Gasteiger partial charge on any atom is 0.228 e. The van der Waals surface area contributed by atoms with Crippen molar-refractivity contribution in [1.29, 1.82) is 0 Å². The lowest BCUT2D eigenvalue weighted by Crippen LogP contribution is -2.14. The number of anilines is 3. The fraction of sp³-hybridized carbons (Fsp3) is 0.0909. The van der Waals surface area contributed by atoms with E-state index < -0.39 is 0 Å². The van der Waals surface area contributed by atoms with Crippen LogP contribution in [0.2, 0.25) is 0 Å². The number of benzene rings is 3. The van der Waals surface area contributed by atoms with E-state index in [1.807, 2.05) is 24.3 Å². The molecule has 0 unspecified atom stereocenters. The van der Waals surface area contributed by atoms with E-state index in [9.17, 15) is 14.0 Å². The van der Waals surface area contributed by atoms with E-state index in [1.165, 1.54) is 19.1 Å². The van der Waals surface area contributed by atoms with Crippen molar-refractivity contribution in [3.8, 4) is 0 Å². The van der Waals surface area contributed by atoms with Crippen LogP contribution in [0.15, 0.2) is 72.8 Å². The Hall–Kier alpha value is -3.47. The van der Waals surface area contributed by atoms with Gasteiger partial charge in [-0.15, -0.1) is 0 Å². The number of amides is 1. The molecule has 1 amide bonds. The lowest BCUT2D eigenvalue weighted by Gasteiger charge is -2.09. The largest absolute Gasteiger partial charge is 0.356 e. The normalized spacial score (nSPS) is 10.3. The first-order chi connectivity index (χ1) is 13.0. The van der Waals surface area contributed by atoms with Crippen molar-refractivity contribution < 1.29 is 14.0 Å². The number of Topliss-reactive ketones (excluding diaryl/α,β-unsaturated/α-hetero) is 1. The summed E-state index contributed by atoms with van der Waals surface area (Å²) in [5, 5.41) is 6.05. The van der Waals surface area contributed by atoms with Crippen molar-refractivity contribution in [2.75, 3.05) is 10.6 Å². The van der Waals surface area contributed by atoms with Crippen LogP contribution >= 0.6 is 0 Å². The fourth-order valence-electron chi connectivity index (χ4n) is 2.58. The predicted octanol–water partition coefficient (Wildman–Crippen LogP) is 4.95. The third kappa shape index (κ3) is 5.25. The first-order valence-corrected chi connectivity index (χ1v) is 8.52. The number of carbonyl (C=O) groups is 2. The number of hydrogen-bond acceptors (Lipinski definition) is 3. The summed E-state index contributed by atoms with van der Waals surface area (Å²) in [5.41, 5.74) is 3.83. The molecule has 0 atom stereocenters. The summed E-state index contributed by atoms with van der Waals surface area (Å²) in [6.07, 6.45) is 0.183. The Morgan fingerprint density at radius 3 is 1.85 bits per heavy atom. The van der Waals surface area contributed by atoms with E-state index in [-0.39, 0.29) is 23.9 Å². The van der Waals surface area contributed by atoms with Crippen molar-refractivity contribution in [3.05, 3.63) is 89.7 Å². The van der Waals surface area contributed by atoms with Gasteiger partial charge in [-0.25, -0.2) is 4.39 Å². The molecule has 0 radical (unpaired) electrons. The van der Waals surface area contributed by atoms with Gasteiger partial charge in [0.2, 0.25) is 5.91 Å². The number of hydrogen-bond donors (Lipinski definition) is 2. The fourth-order valence-corrected chi connectivity index (χ4v) is 2.58. The summed E-state index contributed by atoms with van der Waals surface area (Å²) >= 11 is 0. The molecule has 4 nitrogen and oxygen atoms in total. The zero-order chi connectivity index (χ0) is 19.2. The molecule has 0 aliphatic heterocycles. The van der Waals surface area contributed by atoms with E-state index in [4.69, 9.17) is 0 Å². The van der Waals surface area contributed by atoms with Gasteiger partial charge in [-0.3, -0.25) is 9.59 Å².